The fraction of sp³-hybridized carbons (Fsp3) is 0.333. The Bertz CT molecular complexity index is 688. The molecule has 0 spiro atoms. The molecule has 0 unspecified atom stereocenters. The average molecular weight is 361 g/mol. The highest BCUT2D eigenvalue weighted by atomic mass is 16.5. The topological polar surface area (TPSA) is 102 Å². The number of nitrogens with one attached hydrogen (secondary N) is 3. The number of rotatable bonds is 10. The normalized spacial score (nSPS) is 10.3. The van der Waals surface area contributed by atoms with Crippen LogP contribution in [0.5, 0.6) is 0 Å². The molecular formula is C18H23N3O5. The van der Waals surface area contributed by atoms with Crippen LogP contribution in [0.2, 0.25) is 0 Å². The van der Waals surface area contributed by atoms with Crippen LogP contribution in [-0.2, 0) is 27.4 Å². The molecule has 8 heteroatoms. The first-order valence-corrected chi connectivity index (χ1v) is 8.17. The maximum Gasteiger partial charge on any atom is 0.319 e. The zero-order valence-corrected chi connectivity index (χ0v) is 14.6. The van der Waals surface area contributed by atoms with E-state index in [2.05, 4.69) is 16.0 Å². The van der Waals surface area contributed by atoms with Crippen LogP contribution in [0.4, 0.5) is 10.5 Å². The van der Waals surface area contributed by atoms with Crippen molar-refractivity contribution < 1.29 is 23.5 Å². The maximum absolute atomic E-state index is 11.9. The highest BCUT2D eigenvalue weighted by molar-refractivity contribution is 5.92. The highest BCUT2D eigenvalue weighted by Gasteiger charge is 2.07. The number of ether oxygens (including phenoxy) is 2. The Labute approximate surface area is 151 Å². The summed E-state index contributed by atoms with van der Waals surface area (Å²) in [4.78, 5) is 23.6. The lowest BCUT2D eigenvalue weighted by Gasteiger charge is -2.09. The summed E-state index contributed by atoms with van der Waals surface area (Å²) in [7, 11) is 1.61. The largest absolute Gasteiger partial charge is 0.467 e. The van der Waals surface area contributed by atoms with Gasteiger partial charge >= 0.3 is 6.03 Å². The zero-order valence-electron chi connectivity index (χ0n) is 14.6. The van der Waals surface area contributed by atoms with Gasteiger partial charge in [0.15, 0.2) is 0 Å². The van der Waals surface area contributed by atoms with Gasteiger partial charge < -0.3 is 29.8 Å². The van der Waals surface area contributed by atoms with E-state index in [1.807, 2.05) is 18.2 Å². The number of furan rings is 1. The van der Waals surface area contributed by atoms with E-state index in [9.17, 15) is 9.59 Å². The van der Waals surface area contributed by atoms with Crippen molar-refractivity contribution in [3.8, 4) is 0 Å². The van der Waals surface area contributed by atoms with Gasteiger partial charge in [-0.15, -0.1) is 0 Å². The molecule has 8 nitrogen and oxygen atoms in total. The quantitative estimate of drug-likeness (QED) is 0.561. The lowest BCUT2D eigenvalue weighted by molar-refractivity contribution is -0.120. The monoisotopic (exact) mass is 361 g/mol. The van der Waals surface area contributed by atoms with Gasteiger partial charge in [0.25, 0.3) is 0 Å². The molecule has 1 heterocycles. The Balaban J connectivity index is 1.69. The average Bonchev–Trinajstić information content (AvgIpc) is 3.16. The number of carbonyl (C=O) groups is 2. The fourth-order valence-corrected chi connectivity index (χ4v) is 2.07. The van der Waals surface area contributed by atoms with E-state index in [1.54, 1.807) is 25.3 Å². The van der Waals surface area contributed by atoms with Crippen LogP contribution in [0.25, 0.3) is 0 Å². The molecule has 3 N–H and O–H groups in total. The molecule has 1 aromatic carbocycles. The molecule has 0 saturated heterocycles. The molecule has 0 atom stereocenters. The number of methoxy groups -OCH3 is 1. The van der Waals surface area contributed by atoms with Crippen molar-refractivity contribution in [3.05, 3.63) is 54.0 Å². The first-order valence-electron chi connectivity index (χ1n) is 8.17. The third kappa shape index (κ3) is 7.37. The summed E-state index contributed by atoms with van der Waals surface area (Å²) in [6, 6.07) is 10.3. The van der Waals surface area contributed by atoms with E-state index in [4.69, 9.17) is 13.9 Å². The van der Waals surface area contributed by atoms with Crippen LogP contribution in [0.1, 0.15) is 11.3 Å². The van der Waals surface area contributed by atoms with Crippen LogP contribution < -0.4 is 16.0 Å². The summed E-state index contributed by atoms with van der Waals surface area (Å²) >= 11 is 0. The molecule has 0 radical (unpaired) electrons. The van der Waals surface area contributed by atoms with E-state index >= 15 is 0 Å². The summed E-state index contributed by atoms with van der Waals surface area (Å²) < 4.78 is 15.5. The van der Waals surface area contributed by atoms with Gasteiger partial charge in [-0.1, -0.05) is 12.1 Å². The molecule has 0 aliphatic rings. The van der Waals surface area contributed by atoms with Crippen molar-refractivity contribution in [2.24, 2.45) is 0 Å². The predicted molar refractivity (Wildman–Crippen MR) is 95.6 cm³/mol. The number of hydrogen-bond donors (Lipinski definition) is 3. The lowest BCUT2D eigenvalue weighted by atomic mass is 10.2. The summed E-state index contributed by atoms with van der Waals surface area (Å²) in [5.74, 6) is 0.337. The minimum absolute atomic E-state index is 0.133. The molecule has 3 amide bonds. The second kappa shape index (κ2) is 10.9. The van der Waals surface area contributed by atoms with E-state index in [0.29, 0.717) is 31.3 Å². The van der Waals surface area contributed by atoms with E-state index < -0.39 is 6.03 Å². The first-order chi connectivity index (χ1) is 12.7. The zero-order chi connectivity index (χ0) is 18.6. The van der Waals surface area contributed by atoms with Crippen molar-refractivity contribution in [2.75, 3.05) is 32.2 Å². The van der Waals surface area contributed by atoms with Crippen molar-refractivity contribution in [1.29, 1.82) is 0 Å². The third-order valence-corrected chi connectivity index (χ3v) is 3.33. The number of anilines is 1. The van der Waals surface area contributed by atoms with Crippen molar-refractivity contribution >= 4 is 17.6 Å². The number of benzene rings is 1. The molecule has 26 heavy (non-hydrogen) atoms. The fourth-order valence-electron chi connectivity index (χ4n) is 2.07. The van der Waals surface area contributed by atoms with Gasteiger partial charge in [0, 0.05) is 12.8 Å². The molecule has 2 aromatic rings. The van der Waals surface area contributed by atoms with Gasteiger partial charge in [-0.05, 0) is 29.8 Å². The standard InChI is InChI=1S/C18H23N3O5/c1-24-8-9-25-13-14-4-2-5-15(10-14)21-18(23)20-12-17(22)19-11-16-6-3-7-26-16/h2-7,10H,8-9,11-13H2,1H3,(H,19,22)(H2,20,21,23). The van der Waals surface area contributed by atoms with Gasteiger partial charge in [0.05, 0.1) is 39.2 Å². The predicted octanol–water partition coefficient (Wildman–Crippen LogP) is 1.88. The molecule has 0 bridgehead atoms. The lowest BCUT2D eigenvalue weighted by Crippen LogP contribution is -2.38. The second-order valence-electron chi connectivity index (χ2n) is 5.41. The third-order valence-electron chi connectivity index (χ3n) is 3.33. The van der Waals surface area contributed by atoms with Crippen LogP contribution >= 0.6 is 0 Å². The summed E-state index contributed by atoms with van der Waals surface area (Å²) in [6.07, 6.45) is 1.53. The van der Waals surface area contributed by atoms with Crippen molar-refractivity contribution in [3.63, 3.8) is 0 Å². The number of carbonyl (C=O) groups excluding carboxylic acids is 2. The Kier molecular flexibility index (Phi) is 8.17. The Morgan fingerprint density at radius 1 is 1.12 bits per heavy atom. The van der Waals surface area contributed by atoms with Crippen LogP contribution in [0.3, 0.4) is 0 Å². The SMILES string of the molecule is COCCOCc1cccc(NC(=O)NCC(=O)NCc2ccco2)c1. The van der Waals surface area contributed by atoms with Crippen molar-refractivity contribution in [1.82, 2.24) is 10.6 Å². The minimum atomic E-state index is -0.462. The van der Waals surface area contributed by atoms with E-state index in [-0.39, 0.29) is 19.0 Å². The first kappa shape index (κ1) is 19.5. The number of amides is 3. The van der Waals surface area contributed by atoms with Crippen molar-refractivity contribution in [2.45, 2.75) is 13.2 Å². The van der Waals surface area contributed by atoms with E-state index in [1.165, 1.54) is 6.26 Å². The Hall–Kier alpha value is -2.84. The molecule has 140 valence electrons. The summed E-state index contributed by atoms with van der Waals surface area (Å²) in [5.41, 5.74) is 1.54. The number of urea groups is 1. The van der Waals surface area contributed by atoms with Crippen LogP contribution in [0.15, 0.2) is 47.1 Å². The summed E-state index contributed by atoms with van der Waals surface area (Å²) in [6.45, 7) is 1.60. The van der Waals surface area contributed by atoms with Gasteiger partial charge in [0.1, 0.15) is 5.76 Å². The smallest absolute Gasteiger partial charge is 0.319 e. The highest BCUT2D eigenvalue weighted by Crippen LogP contribution is 2.11. The van der Waals surface area contributed by atoms with Crippen LogP contribution in [0, 0.1) is 0 Å². The summed E-state index contributed by atoms with van der Waals surface area (Å²) in [5, 5.41) is 7.82. The van der Waals surface area contributed by atoms with E-state index in [0.717, 1.165) is 5.56 Å². The molecule has 0 aliphatic carbocycles. The molecule has 0 saturated carbocycles. The molecule has 1 aromatic heterocycles. The van der Waals surface area contributed by atoms with Gasteiger partial charge in [-0.3, -0.25) is 4.79 Å². The van der Waals surface area contributed by atoms with Crippen LogP contribution in [-0.4, -0.2) is 38.8 Å². The molecular weight excluding hydrogens is 338 g/mol. The molecule has 0 aliphatic heterocycles. The molecule has 0 fully saturated rings. The number of hydrogen-bond acceptors (Lipinski definition) is 5. The maximum atomic E-state index is 11.9. The Morgan fingerprint density at radius 3 is 2.77 bits per heavy atom. The minimum Gasteiger partial charge on any atom is -0.467 e. The molecule has 2 rings (SSSR count). The van der Waals surface area contributed by atoms with Gasteiger partial charge in [-0.2, -0.15) is 0 Å². The van der Waals surface area contributed by atoms with Gasteiger partial charge in [-0.25, -0.2) is 4.79 Å². The van der Waals surface area contributed by atoms with Gasteiger partial charge in [0.2, 0.25) is 5.91 Å². The second-order valence-corrected chi connectivity index (χ2v) is 5.41. The Morgan fingerprint density at radius 2 is 2.00 bits per heavy atom.